The van der Waals surface area contributed by atoms with Gasteiger partial charge in [0.25, 0.3) is 5.56 Å². The Bertz CT molecular complexity index is 908. The molecule has 0 bridgehead atoms. The standard InChI is InChI=1S/C14H16N4O3S/c1-3-8(2)17-13(21)12-9(6-7-22-12)18-10(4-5-11(19)20)15-16-14(17)18/h6-8H,3-5H2,1-2H3,(H,19,20). The minimum atomic E-state index is -0.881. The summed E-state index contributed by atoms with van der Waals surface area (Å²) in [7, 11) is 0. The SMILES string of the molecule is CCC(C)n1c(=O)c2sccc2n2c(CCC(=O)O)nnc12. The average Bonchev–Trinajstić information content (AvgIpc) is 3.11. The van der Waals surface area contributed by atoms with E-state index in [1.807, 2.05) is 29.7 Å². The van der Waals surface area contributed by atoms with Crippen molar-refractivity contribution in [2.45, 2.75) is 39.2 Å². The van der Waals surface area contributed by atoms with Gasteiger partial charge in [0.15, 0.2) is 0 Å². The van der Waals surface area contributed by atoms with Gasteiger partial charge < -0.3 is 5.11 Å². The van der Waals surface area contributed by atoms with E-state index in [9.17, 15) is 9.59 Å². The number of fused-ring (bicyclic) bond motifs is 3. The number of aryl methyl sites for hydroxylation is 1. The normalized spacial score (nSPS) is 13.0. The second-order valence-corrected chi connectivity index (χ2v) is 6.13. The van der Waals surface area contributed by atoms with E-state index in [0.29, 0.717) is 16.3 Å². The molecule has 3 aromatic heterocycles. The Morgan fingerprint density at radius 2 is 2.23 bits per heavy atom. The minimum absolute atomic E-state index is 0.00183. The van der Waals surface area contributed by atoms with Crippen molar-refractivity contribution in [1.29, 1.82) is 0 Å². The summed E-state index contributed by atoms with van der Waals surface area (Å²) >= 11 is 1.38. The number of nitrogens with zero attached hydrogens (tertiary/aromatic N) is 4. The lowest BCUT2D eigenvalue weighted by Gasteiger charge is -2.14. The van der Waals surface area contributed by atoms with E-state index in [0.717, 1.165) is 11.9 Å². The third-order valence-corrected chi connectivity index (χ3v) is 4.71. The van der Waals surface area contributed by atoms with Crippen LogP contribution in [-0.4, -0.2) is 30.2 Å². The fourth-order valence-corrected chi connectivity index (χ4v) is 3.32. The van der Waals surface area contributed by atoms with Crippen LogP contribution in [0.5, 0.6) is 0 Å². The van der Waals surface area contributed by atoms with E-state index in [4.69, 9.17) is 5.11 Å². The van der Waals surface area contributed by atoms with Gasteiger partial charge in [0.05, 0.1) is 11.9 Å². The smallest absolute Gasteiger partial charge is 0.303 e. The van der Waals surface area contributed by atoms with E-state index < -0.39 is 5.97 Å². The average molecular weight is 320 g/mol. The van der Waals surface area contributed by atoms with Crippen molar-refractivity contribution >= 4 is 33.3 Å². The molecule has 3 rings (SSSR count). The highest BCUT2D eigenvalue weighted by atomic mass is 32.1. The molecule has 1 N–H and O–H groups in total. The highest BCUT2D eigenvalue weighted by Gasteiger charge is 2.20. The number of hydrogen-bond donors (Lipinski definition) is 1. The molecule has 1 atom stereocenters. The van der Waals surface area contributed by atoms with Gasteiger partial charge in [0, 0.05) is 12.5 Å². The lowest BCUT2D eigenvalue weighted by Crippen LogP contribution is -2.25. The molecule has 0 amide bonds. The Kier molecular flexibility index (Phi) is 3.69. The summed E-state index contributed by atoms with van der Waals surface area (Å²) in [4.78, 5) is 23.5. The summed E-state index contributed by atoms with van der Waals surface area (Å²) in [6.07, 6.45) is 1.05. The van der Waals surface area contributed by atoms with Crippen molar-refractivity contribution in [3.8, 4) is 0 Å². The lowest BCUT2D eigenvalue weighted by atomic mass is 10.2. The van der Waals surface area contributed by atoms with Gasteiger partial charge >= 0.3 is 5.97 Å². The van der Waals surface area contributed by atoms with Crippen molar-refractivity contribution in [2.75, 3.05) is 0 Å². The Hall–Kier alpha value is -2.22. The van der Waals surface area contributed by atoms with E-state index in [1.165, 1.54) is 11.3 Å². The molecule has 0 spiro atoms. The number of aliphatic carboxylic acids is 1. The van der Waals surface area contributed by atoms with Crippen LogP contribution in [0.15, 0.2) is 16.2 Å². The molecule has 1 unspecified atom stereocenters. The fourth-order valence-electron chi connectivity index (χ4n) is 2.51. The first-order valence-corrected chi connectivity index (χ1v) is 8.00. The highest BCUT2D eigenvalue weighted by molar-refractivity contribution is 7.17. The van der Waals surface area contributed by atoms with Crippen molar-refractivity contribution in [3.05, 3.63) is 27.6 Å². The van der Waals surface area contributed by atoms with Gasteiger partial charge in [-0.15, -0.1) is 21.5 Å². The van der Waals surface area contributed by atoms with Crippen LogP contribution in [0.2, 0.25) is 0 Å². The predicted molar refractivity (Wildman–Crippen MR) is 83.6 cm³/mol. The first-order valence-electron chi connectivity index (χ1n) is 7.12. The molecule has 8 heteroatoms. The summed E-state index contributed by atoms with van der Waals surface area (Å²) in [5.41, 5.74) is 0.680. The van der Waals surface area contributed by atoms with Gasteiger partial charge in [0.1, 0.15) is 10.5 Å². The van der Waals surface area contributed by atoms with Gasteiger partial charge in [-0.2, -0.15) is 0 Å². The second kappa shape index (κ2) is 5.53. The van der Waals surface area contributed by atoms with E-state index in [1.54, 1.807) is 4.57 Å². The maximum Gasteiger partial charge on any atom is 0.303 e. The van der Waals surface area contributed by atoms with Crippen LogP contribution in [0.4, 0.5) is 0 Å². The Morgan fingerprint density at radius 1 is 1.45 bits per heavy atom. The molecule has 3 heterocycles. The summed E-state index contributed by atoms with van der Waals surface area (Å²) in [5, 5.41) is 19.0. The zero-order valence-electron chi connectivity index (χ0n) is 12.3. The molecular formula is C14H16N4O3S. The predicted octanol–water partition coefficient (Wildman–Crippen LogP) is 2.09. The Labute approximate surface area is 129 Å². The topological polar surface area (TPSA) is 89.5 Å². The number of rotatable bonds is 5. The molecule has 3 aromatic rings. The number of carboxylic acids is 1. The van der Waals surface area contributed by atoms with E-state index in [-0.39, 0.29) is 24.4 Å². The van der Waals surface area contributed by atoms with Crippen molar-refractivity contribution in [2.24, 2.45) is 0 Å². The van der Waals surface area contributed by atoms with Crippen LogP contribution in [-0.2, 0) is 11.2 Å². The number of carbonyl (C=O) groups is 1. The molecule has 0 aliphatic carbocycles. The molecular weight excluding hydrogens is 304 g/mol. The van der Waals surface area contributed by atoms with Crippen LogP contribution in [0, 0.1) is 0 Å². The molecule has 116 valence electrons. The molecule has 0 saturated carbocycles. The van der Waals surface area contributed by atoms with Crippen molar-refractivity contribution in [3.63, 3.8) is 0 Å². The molecule has 0 fully saturated rings. The molecule has 0 aliphatic rings. The Morgan fingerprint density at radius 3 is 2.91 bits per heavy atom. The van der Waals surface area contributed by atoms with Crippen LogP contribution >= 0.6 is 11.3 Å². The van der Waals surface area contributed by atoms with Crippen molar-refractivity contribution in [1.82, 2.24) is 19.2 Å². The summed E-state index contributed by atoms with van der Waals surface area (Å²) < 4.78 is 4.10. The number of aromatic nitrogens is 4. The largest absolute Gasteiger partial charge is 0.481 e. The first-order chi connectivity index (χ1) is 10.5. The first kappa shape index (κ1) is 14.7. The summed E-state index contributed by atoms with van der Waals surface area (Å²) in [6, 6.07) is 1.85. The monoisotopic (exact) mass is 320 g/mol. The number of carboxylic acid groups (broad SMARTS) is 1. The minimum Gasteiger partial charge on any atom is -0.481 e. The number of hydrogen-bond acceptors (Lipinski definition) is 5. The zero-order chi connectivity index (χ0) is 15.9. The molecule has 0 saturated heterocycles. The summed E-state index contributed by atoms with van der Waals surface area (Å²) in [5.74, 6) is 0.164. The van der Waals surface area contributed by atoms with E-state index >= 15 is 0 Å². The second-order valence-electron chi connectivity index (χ2n) is 5.21. The van der Waals surface area contributed by atoms with Gasteiger partial charge in [-0.05, 0) is 24.8 Å². The van der Waals surface area contributed by atoms with Crippen LogP contribution in [0.25, 0.3) is 16.0 Å². The molecule has 0 radical (unpaired) electrons. The lowest BCUT2D eigenvalue weighted by molar-refractivity contribution is -0.137. The van der Waals surface area contributed by atoms with Gasteiger partial charge in [0.2, 0.25) is 5.78 Å². The maximum absolute atomic E-state index is 12.7. The van der Waals surface area contributed by atoms with Gasteiger partial charge in [-0.1, -0.05) is 6.92 Å². The van der Waals surface area contributed by atoms with Gasteiger partial charge in [-0.3, -0.25) is 18.6 Å². The molecule has 0 aromatic carbocycles. The maximum atomic E-state index is 12.7. The molecule has 7 nitrogen and oxygen atoms in total. The van der Waals surface area contributed by atoms with Crippen LogP contribution in [0.3, 0.4) is 0 Å². The van der Waals surface area contributed by atoms with Crippen LogP contribution in [0.1, 0.15) is 38.6 Å². The fraction of sp³-hybridized carbons (Fsp3) is 0.429. The molecule has 22 heavy (non-hydrogen) atoms. The van der Waals surface area contributed by atoms with Gasteiger partial charge in [-0.25, -0.2) is 0 Å². The van der Waals surface area contributed by atoms with E-state index in [2.05, 4.69) is 10.2 Å². The third kappa shape index (κ3) is 2.19. The highest BCUT2D eigenvalue weighted by Crippen LogP contribution is 2.22. The Balaban J connectivity index is 2.33. The number of thiophene rings is 1. The van der Waals surface area contributed by atoms with Crippen molar-refractivity contribution < 1.29 is 9.90 Å². The summed E-state index contributed by atoms with van der Waals surface area (Å²) in [6.45, 7) is 3.97. The third-order valence-electron chi connectivity index (χ3n) is 3.82. The zero-order valence-corrected chi connectivity index (χ0v) is 13.1. The molecule has 0 aliphatic heterocycles. The van der Waals surface area contributed by atoms with Crippen LogP contribution < -0.4 is 5.56 Å². The quantitative estimate of drug-likeness (QED) is 0.777.